The van der Waals surface area contributed by atoms with E-state index in [1.807, 2.05) is 6.92 Å². The number of halogens is 3. The minimum Gasteiger partial charge on any atom is -0.397 e. The van der Waals surface area contributed by atoms with Crippen molar-refractivity contribution < 1.29 is 17.8 Å². The Bertz CT molecular complexity index is 1300. The SMILES string of the molecule is Cc1ccc(/C(N)=C/NCCCS(N)=O)cc1C(=O)c1ccc(Nc2ccc(F)cc2F)cc1Cl. The van der Waals surface area contributed by atoms with E-state index >= 15 is 0 Å². The first-order valence-corrected chi connectivity index (χ1v) is 12.4. The van der Waals surface area contributed by atoms with Crippen LogP contribution in [0.5, 0.6) is 0 Å². The number of carbonyl (C=O) groups excluding carboxylic acids is 1. The average molecular weight is 519 g/mol. The van der Waals surface area contributed by atoms with Crippen molar-refractivity contribution in [3.8, 4) is 0 Å². The average Bonchev–Trinajstić information content (AvgIpc) is 2.80. The molecule has 0 spiro atoms. The quantitative estimate of drug-likeness (QED) is 0.228. The zero-order valence-corrected chi connectivity index (χ0v) is 20.5. The van der Waals surface area contributed by atoms with Crippen LogP contribution in [0, 0.1) is 18.6 Å². The lowest BCUT2D eigenvalue weighted by Gasteiger charge is -2.12. The molecule has 0 heterocycles. The number of nitrogens with two attached hydrogens (primary N) is 2. The molecule has 1 unspecified atom stereocenters. The number of anilines is 2. The normalized spacial score (nSPS) is 12.3. The molecule has 0 bridgehead atoms. The topological polar surface area (TPSA) is 110 Å². The van der Waals surface area contributed by atoms with Crippen LogP contribution in [-0.2, 0) is 11.0 Å². The van der Waals surface area contributed by atoms with Gasteiger partial charge in [0.25, 0.3) is 0 Å². The Balaban J connectivity index is 1.77. The summed E-state index contributed by atoms with van der Waals surface area (Å²) in [7, 11) is -1.34. The zero-order chi connectivity index (χ0) is 25.5. The summed E-state index contributed by atoms with van der Waals surface area (Å²) in [5, 5.41) is 11.3. The zero-order valence-electron chi connectivity index (χ0n) is 18.9. The van der Waals surface area contributed by atoms with Crippen molar-refractivity contribution in [2.45, 2.75) is 13.3 Å². The molecule has 0 aromatic heterocycles. The Labute approximate surface area is 209 Å². The third-order valence-electron chi connectivity index (χ3n) is 5.16. The molecule has 6 nitrogen and oxygen atoms in total. The van der Waals surface area contributed by atoms with Crippen LogP contribution in [0.1, 0.15) is 33.5 Å². The van der Waals surface area contributed by atoms with Crippen molar-refractivity contribution in [1.29, 1.82) is 0 Å². The maximum absolute atomic E-state index is 13.9. The molecule has 10 heteroatoms. The summed E-state index contributed by atoms with van der Waals surface area (Å²) in [4.78, 5) is 13.3. The van der Waals surface area contributed by atoms with E-state index in [9.17, 15) is 17.8 Å². The van der Waals surface area contributed by atoms with Crippen molar-refractivity contribution in [2.75, 3.05) is 17.6 Å². The van der Waals surface area contributed by atoms with Gasteiger partial charge in [-0.25, -0.2) is 13.0 Å². The van der Waals surface area contributed by atoms with E-state index < -0.39 is 22.6 Å². The van der Waals surface area contributed by atoms with Gasteiger partial charge in [-0.15, -0.1) is 0 Å². The molecule has 3 aromatic rings. The van der Waals surface area contributed by atoms with Gasteiger partial charge in [-0.05, 0) is 60.9 Å². The Morgan fingerprint density at radius 1 is 1.09 bits per heavy atom. The second kappa shape index (κ2) is 11.9. The van der Waals surface area contributed by atoms with Gasteiger partial charge in [0.1, 0.15) is 11.6 Å². The number of ketones is 1. The molecule has 35 heavy (non-hydrogen) atoms. The Morgan fingerprint density at radius 3 is 2.54 bits per heavy atom. The molecule has 0 amide bonds. The third-order valence-corrected chi connectivity index (χ3v) is 6.17. The molecule has 6 N–H and O–H groups in total. The fourth-order valence-electron chi connectivity index (χ4n) is 3.30. The third kappa shape index (κ3) is 7.11. The highest BCUT2D eigenvalue weighted by atomic mass is 35.5. The van der Waals surface area contributed by atoms with Crippen molar-refractivity contribution in [3.05, 3.63) is 99.7 Å². The van der Waals surface area contributed by atoms with Gasteiger partial charge in [0.15, 0.2) is 5.78 Å². The Hall–Kier alpha value is -3.27. The minimum atomic E-state index is -1.34. The number of aryl methyl sites for hydroxylation is 1. The molecular formula is C25H25ClF2N4O2S. The number of hydrogen-bond acceptors (Lipinski definition) is 5. The molecule has 0 fully saturated rings. The lowest BCUT2D eigenvalue weighted by molar-refractivity contribution is 0.103. The number of benzene rings is 3. The molecule has 3 aromatic carbocycles. The highest BCUT2D eigenvalue weighted by Gasteiger charge is 2.17. The molecular weight excluding hydrogens is 494 g/mol. The molecule has 184 valence electrons. The van der Waals surface area contributed by atoms with Crippen LogP contribution >= 0.6 is 11.6 Å². The molecule has 3 rings (SSSR count). The first kappa shape index (κ1) is 26.3. The number of hydrogen-bond donors (Lipinski definition) is 4. The van der Waals surface area contributed by atoms with Crippen LogP contribution in [0.4, 0.5) is 20.2 Å². The largest absolute Gasteiger partial charge is 0.397 e. The molecule has 0 aliphatic carbocycles. The van der Waals surface area contributed by atoms with E-state index in [0.717, 1.165) is 17.7 Å². The van der Waals surface area contributed by atoms with E-state index in [-0.39, 0.29) is 22.1 Å². The second-order valence-corrected chi connectivity index (χ2v) is 9.37. The minimum absolute atomic E-state index is 0.0808. The molecule has 0 saturated heterocycles. The fourth-order valence-corrected chi connectivity index (χ4v) is 3.99. The first-order chi connectivity index (χ1) is 16.7. The van der Waals surface area contributed by atoms with Gasteiger partial charge in [0, 0.05) is 41.4 Å². The molecule has 0 saturated carbocycles. The summed E-state index contributed by atoms with van der Waals surface area (Å²) < 4.78 is 38.0. The van der Waals surface area contributed by atoms with Crippen molar-refractivity contribution in [2.24, 2.45) is 10.9 Å². The Kier molecular flexibility index (Phi) is 8.97. The first-order valence-electron chi connectivity index (χ1n) is 10.6. The van der Waals surface area contributed by atoms with Crippen LogP contribution in [0.3, 0.4) is 0 Å². The summed E-state index contributed by atoms with van der Waals surface area (Å²) in [6.45, 7) is 2.36. The van der Waals surface area contributed by atoms with Crippen LogP contribution in [-0.4, -0.2) is 22.3 Å². The summed E-state index contributed by atoms with van der Waals surface area (Å²) in [6, 6.07) is 13.1. The maximum Gasteiger partial charge on any atom is 0.194 e. The van der Waals surface area contributed by atoms with E-state index in [2.05, 4.69) is 10.6 Å². The highest BCUT2D eigenvalue weighted by molar-refractivity contribution is 7.82. The van der Waals surface area contributed by atoms with Crippen LogP contribution in [0.2, 0.25) is 5.02 Å². The molecule has 0 radical (unpaired) electrons. The van der Waals surface area contributed by atoms with Gasteiger partial charge in [0.05, 0.1) is 27.4 Å². The summed E-state index contributed by atoms with van der Waals surface area (Å²) >= 11 is 6.39. The predicted molar refractivity (Wildman–Crippen MR) is 138 cm³/mol. The van der Waals surface area contributed by atoms with Gasteiger partial charge in [0.2, 0.25) is 0 Å². The molecule has 0 aliphatic rings. The standard InChI is InChI=1S/C25H25ClF2N4O2S/c1-15-3-4-16(23(29)14-31-9-2-10-35(30)34)11-20(15)25(33)19-7-6-18(13-21(19)26)32-24-8-5-17(27)12-22(24)28/h3-8,11-14,31-32H,2,9-10,29-30H2,1H3/b23-14-. The van der Waals surface area contributed by atoms with E-state index in [1.165, 1.54) is 12.1 Å². The smallest absolute Gasteiger partial charge is 0.194 e. The number of carbonyl (C=O) groups is 1. The lowest BCUT2D eigenvalue weighted by Crippen LogP contribution is -2.16. The van der Waals surface area contributed by atoms with Crippen molar-refractivity contribution >= 4 is 45.4 Å². The molecule has 1 atom stereocenters. The van der Waals surface area contributed by atoms with Crippen LogP contribution in [0.15, 0.2) is 60.8 Å². The summed E-state index contributed by atoms with van der Waals surface area (Å²) in [6.07, 6.45) is 2.25. The van der Waals surface area contributed by atoms with E-state index in [4.69, 9.17) is 22.5 Å². The summed E-state index contributed by atoms with van der Waals surface area (Å²) in [5.74, 6) is -1.33. The maximum atomic E-state index is 13.9. The Morgan fingerprint density at radius 2 is 1.86 bits per heavy atom. The number of rotatable bonds is 10. The van der Waals surface area contributed by atoms with Gasteiger partial charge in [-0.1, -0.05) is 23.7 Å². The van der Waals surface area contributed by atoms with E-state index in [1.54, 1.807) is 36.5 Å². The van der Waals surface area contributed by atoms with Crippen LogP contribution in [0.25, 0.3) is 5.70 Å². The predicted octanol–water partition coefficient (Wildman–Crippen LogP) is 4.76. The van der Waals surface area contributed by atoms with Gasteiger partial charge in [-0.2, -0.15) is 0 Å². The number of nitrogens with one attached hydrogen (secondary N) is 2. The van der Waals surface area contributed by atoms with Gasteiger partial charge >= 0.3 is 0 Å². The highest BCUT2D eigenvalue weighted by Crippen LogP contribution is 2.28. The second-order valence-electron chi connectivity index (χ2n) is 7.79. The molecule has 0 aliphatic heterocycles. The summed E-state index contributed by atoms with van der Waals surface area (Å²) in [5.41, 5.74) is 9.21. The van der Waals surface area contributed by atoms with Crippen molar-refractivity contribution in [1.82, 2.24) is 5.32 Å². The van der Waals surface area contributed by atoms with Gasteiger partial charge < -0.3 is 16.4 Å². The van der Waals surface area contributed by atoms with E-state index in [0.29, 0.717) is 41.2 Å². The lowest BCUT2D eigenvalue weighted by atomic mass is 9.96. The fraction of sp³-hybridized carbons (Fsp3) is 0.160. The van der Waals surface area contributed by atoms with Gasteiger partial charge in [-0.3, -0.25) is 9.93 Å². The van der Waals surface area contributed by atoms with Crippen molar-refractivity contribution in [3.63, 3.8) is 0 Å². The monoisotopic (exact) mass is 518 g/mol. The van der Waals surface area contributed by atoms with Crippen LogP contribution < -0.4 is 21.5 Å².